The minimum atomic E-state index is -5.19. The second-order valence-corrected chi connectivity index (χ2v) is 15.0. The molecule has 0 amide bonds. The maximum atomic E-state index is 10.5. The summed E-state index contributed by atoms with van der Waals surface area (Å²) in [5.74, 6) is -3.01. The molecule has 0 bridgehead atoms. The lowest BCUT2D eigenvalue weighted by atomic mass is 9.72. The third-order valence-corrected chi connectivity index (χ3v) is 9.52. The van der Waals surface area contributed by atoms with Gasteiger partial charge in [0, 0.05) is 18.2 Å². The van der Waals surface area contributed by atoms with Crippen LogP contribution < -0.4 is 9.67 Å². The van der Waals surface area contributed by atoms with Crippen LogP contribution in [0.1, 0.15) is 112 Å². The summed E-state index contributed by atoms with van der Waals surface area (Å²) in [4.78, 5) is 8.78. The Bertz CT molecular complexity index is 1650. The topological polar surface area (TPSA) is 64.2 Å². The molecule has 0 fully saturated rings. The number of pyridine rings is 1. The van der Waals surface area contributed by atoms with Crippen molar-refractivity contribution in [1.29, 1.82) is 0 Å². The normalized spacial score (nSPS) is 19.1. The Labute approximate surface area is 304 Å². The molecule has 0 aliphatic heterocycles. The van der Waals surface area contributed by atoms with Crippen molar-refractivity contribution in [2.45, 2.75) is 114 Å². The summed E-state index contributed by atoms with van der Waals surface area (Å²) in [5, 5.41) is 18.4. The van der Waals surface area contributed by atoms with Gasteiger partial charge in [0.1, 0.15) is 12.6 Å². The quantitative estimate of drug-likeness (QED) is 0.184. The van der Waals surface area contributed by atoms with Crippen LogP contribution in [0.4, 0.5) is 13.2 Å². The molecule has 2 aliphatic rings. The van der Waals surface area contributed by atoms with Crippen LogP contribution in [-0.4, -0.2) is 23.9 Å². The molecule has 3 rings (SSSR count). The van der Waals surface area contributed by atoms with Crippen LogP contribution in [0, 0.1) is 10.8 Å². The van der Waals surface area contributed by atoms with E-state index in [2.05, 4.69) is 152 Å². The standard InChI is InChI=1S/C42H58NO.C2HF3O2/c1-32(20-22-39-35(4)17-12-25-41(39,6)7)14-10-16-34(3)30-38-31-37(24-27-43(38)28-29-44)19-11-15-33(2)21-23-40-36(5)18-13-26-42(40,8)9;3-2(4,5)1(6)7/h10-11,14-16,19-24,27,30-31,44H,12-13,17-18,25-26,28-29H2,1-9H3;(H,6,7)/q+1;/p-1/b16-10+,19-11+,22-20+,23-21+,32-14+,33-15+,34-30-;. The van der Waals surface area contributed by atoms with Gasteiger partial charge < -0.3 is 15.0 Å². The van der Waals surface area contributed by atoms with Gasteiger partial charge in [0.25, 0.3) is 0 Å². The van der Waals surface area contributed by atoms with Gasteiger partial charge in [0.05, 0.1) is 0 Å². The van der Waals surface area contributed by atoms with Crippen LogP contribution in [0.3, 0.4) is 0 Å². The van der Waals surface area contributed by atoms with Gasteiger partial charge in [-0.2, -0.15) is 17.7 Å². The summed E-state index contributed by atoms with van der Waals surface area (Å²) >= 11 is 0. The Morgan fingerprint density at radius 1 is 0.843 bits per heavy atom. The van der Waals surface area contributed by atoms with Crippen LogP contribution in [0.2, 0.25) is 0 Å². The van der Waals surface area contributed by atoms with Gasteiger partial charge in [-0.1, -0.05) is 111 Å². The maximum absolute atomic E-state index is 10.5. The van der Waals surface area contributed by atoms with Crippen molar-refractivity contribution in [2.75, 3.05) is 6.61 Å². The number of hydrogen-bond donors (Lipinski definition) is 1. The number of aliphatic carboxylic acids is 1. The van der Waals surface area contributed by atoms with Crippen molar-refractivity contribution in [3.05, 3.63) is 123 Å². The van der Waals surface area contributed by atoms with E-state index < -0.39 is 12.1 Å². The number of allylic oxidation sites excluding steroid dienone is 16. The zero-order chi connectivity index (χ0) is 38.4. The highest BCUT2D eigenvalue weighted by atomic mass is 19.4. The lowest BCUT2D eigenvalue weighted by molar-refractivity contribution is -0.699. The summed E-state index contributed by atoms with van der Waals surface area (Å²) in [6.07, 6.45) is 28.7. The summed E-state index contributed by atoms with van der Waals surface area (Å²) in [6.45, 7) is 21.2. The van der Waals surface area contributed by atoms with Crippen molar-refractivity contribution in [1.82, 2.24) is 0 Å². The van der Waals surface area contributed by atoms with E-state index in [4.69, 9.17) is 9.90 Å². The van der Waals surface area contributed by atoms with Gasteiger partial charge in [-0.3, -0.25) is 0 Å². The van der Waals surface area contributed by atoms with Gasteiger partial charge in [0.2, 0.25) is 5.69 Å². The zero-order valence-corrected chi connectivity index (χ0v) is 32.1. The van der Waals surface area contributed by atoms with Gasteiger partial charge in [-0.05, 0) is 106 Å². The second-order valence-electron chi connectivity index (χ2n) is 15.0. The fourth-order valence-electron chi connectivity index (χ4n) is 6.61. The molecule has 0 aromatic carbocycles. The Hall–Kier alpha value is -3.97. The summed E-state index contributed by atoms with van der Waals surface area (Å²) in [7, 11) is 0. The number of halogens is 3. The molecule has 1 heterocycles. The smallest absolute Gasteiger partial charge is 0.430 e. The first-order valence-corrected chi connectivity index (χ1v) is 17.8. The molecule has 278 valence electrons. The van der Waals surface area contributed by atoms with E-state index in [0.717, 1.165) is 16.8 Å². The van der Waals surface area contributed by atoms with E-state index in [-0.39, 0.29) is 17.4 Å². The van der Waals surface area contributed by atoms with Gasteiger partial charge in [-0.15, -0.1) is 0 Å². The van der Waals surface area contributed by atoms with Crippen LogP contribution in [0.5, 0.6) is 0 Å². The fourth-order valence-corrected chi connectivity index (χ4v) is 6.61. The number of aliphatic hydroxyl groups is 1. The van der Waals surface area contributed by atoms with E-state index in [9.17, 15) is 18.3 Å². The SMILES string of the molecule is CC1=C(/C=C/C(C)=C/C=C/C(C)=C\c2cc(/C=C/C=C(C)/C=C/C3=C(C)CCCC3(C)C)cc[n+]2CCO)C(C)(C)CCC1.O=C([O-])C(F)(F)F. The maximum Gasteiger partial charge on any atom is 0.430 e. The molecular formula is C44H58F3NO3. The van der Waals surface area contributed by atoms with E-state index in [1.807, 2.05) is 0 Å². The third-order valence-electron chi connectivity index (χ3n) is 9.52. The molecule has 0 unspecified atom stereocenters. The zero-order valence-electron chi connectivity index (χ0n) is 32.1. The molecule has 7 heteroatoms. The largest absolute Gasteiger partial charge is 0.542 e. The molecule has 51 heavy (non-hydrogen) atoms. The Balaban J connectivity index is 0.00000116. The Morgan fingerprint density at radius 3 is 1.78 bits per heavy atom. The van der Waals surface area contributed by atoms with Crippen molar-refractivity contribution in [2.24, 2.45) is 10.8 Å². The predicted molar refractivity (Wildman–Crippen MR) is 203 cm³/mol. The highest BCUT2D eigenvalue weighted by Crippen LogP contribution is 2.41. The number of carboxylic acid groups (broad SMARTS) is 1. The predicted octanol–water partition coefficient (Wildman–Crippen LogP) is 10.3. The molecule has 4 nitrogen and oxygen atoms in total. The highest BCUT2D eigenvalue weighted by molar-refractivity contribution is 5.70. The minimum absolute atomic E-state index is 0.109. The number of carbonyl (C=O) groups is 1. The van der Waals surface area contributed by atoms with Crippen LogP contribution in [-0.2, 0) is 11.3 Å². The average molecular weight is 706 g/mol. The molecule has 1 N–H and O–H groups in total. The summed E-state index contributed by atoms with van der Waals surface area (Å²) in [6, 6.07) is 4.29. The van der Waals surface area contributed by atoms with Crippen LogP contribution in [0.15, 0.2) is 112 Å². The molecule has 1 aromatic heterocycles. The van der Waals surface area contributed by atoms with E-state index in [1.54, 1.807) is 0 Å². The van der Waals surface area contributed by atoms with Crippen molar-refractivity contribution in [3.63, 3.8) is 0 Å². The Morgan fingerprint density at radius 2 is 1.33 bits per heavy atom. The first-order valence-electron chi connectivity index (χ1n) is 17.8. The van der Waals surface area contributed by atoms with Crippen LogP contribution in [0.25, 0.3) is 12.2 Å². The lowest BCUT2D eigenvalue weighted by Gasteiger charge is -2.33. The number of carboxylic acids is 1. The number of hydrogen-bond acceptors (Lipinski definition) is 3. The molecule has 1 aromatic rings. The van der Waals surface area contributed by atoms with Gasteiger partial charge in [-0.25, -0.2) is 0 Å². The third kappa shape index (κ3) is 14.7. The molecule has 0 radical (unpaired) electrons. The average Bonchev–Trinajstić information content (AvgIpc) is 3.01. The highest BCUT2D eigenvalue weighted by Gasteiger charge is 2.29. The summed E-state index contributed by atoms with van der Waals surface area (Å²) < 4.78 is 33.7. The first-order chi connectivity index (χ1) is 23.8. The number of nitrogens with zero attached hydrogens (tertiary/aromatic N) is 1. The van der Waals surface area contributed by atoms with E-state index in [1.165, 1.54) is 72.0 Å². The number of carbonyl (C=O) groups excluding carboxylic acids is 1. The van der Waals surface area contributed by atoms with Crippen molar-refractivity contribution >= 4 is 18.1 Å². The van der Waals surface area contributed by atoms with E-state index >= 15 is 0 Å². The molecule has 0 saturated carbocycles. The molecular weight excluding hydrogens is 647 g/mol. The minimum Gasteiger partial charge on any atom is -0.542 e. The van der Waals surface area contributed by atoms with Crippen molar-refractivity contribution in [3.8, 4) is 0 Å². The number of alkyl halides is 3. The second kappa shape index (κ2) is 19.6. The van der Waals surface area contributed by atoms with Gasteiger partial charge >= 0.3 is 6.18 Å². The lowest BCUT2D eigenvalue weighted by Crippen LogP contribution is -2.38. The molecule has 2 aliphatic carbocycles. The first kappa shape index (κ1) is 43.2. The number of aliphatic hydroxyl groups excluding tert-OH is 1. The molecule has 0 atom stereocenters. The monoisotopic (exact) mass is 705 g/mol. The van der Waals surface area contributed by atoms with Gasteiger partial charge in [0.15, 0.2) is 12.7 Å². The molecule has 0 spiro atoms. The van der Waals surface area contributed by atoms with Crippen molar-refractivity contribution < 1.29 is 32.7 Å². The summed E-state index contributed by atoms with van der Waals surface area (Å²) in [5.41, 5.74) is 12.4. The fraction of sp³-hybridized carbons (Fsp3) is 0.455. The number of rotatable bonds is 11. The molecule has 0 saturated heterocycles. The van der Waals surface area contributed by atoms with E-state index in [0.29, 0.717) is 6.54 Å². The number of aromatic nitrogens is 1. The van der Waals surface area contributed by atoms with Crippen LogP contribution >= 0.6 is 0 Å². The Kier molecular flexibility index (Phi) is 16.6.